The van der Waals surface area contributed by atoms with E-state index in [1.165, 1.54) is 12.1 Å². The van der Waals surface area contributed by atoms with E-state index in [4.69, 9.17) is 9.15 Å². The Hall–Kier alpha value is -3.49. The Labute approximate surface area is 166 Å². The Morgan fingerprint density at radius 1 is 1.21 bits per heavy atom. The lowest BCUT2D eigenvalue weighted by molar-refractivity contribution is -0.136. The van der Waals surface area contributed by atoms with Gasteiger partial charge in [-0.05, 0) is 24.6 Å². The van der Waals surface area contributed by atoms with Gasteiger partial charge in [0.2, 0.25) is 17.7 Å². The van der Waals surface area contributed by atoms with Crippen LogP contribution in [0.4, 0.5) is 0 Å². The van der Waals surface area contributed by atoms with Gasteiger partial charge in [0.15, 0.2) is 6.61 Å². The van der Waals surface area contributed by atoms with Crippen molar-refractivity contribution in [3.8, 4) is 5.75 Å². The lowest BCUT2D eigenvalue weighted by Gasteiger charge is -2.27. The first-order valence-electron chi connectivity index (χ1n) is 9.28. The molecule has 0 aliphatic carbocycles. The highest BCUT2D eigenvalue weighted by molar-refractivity contribution is 6.23. The molecule has 1 atom stereocenters. The van der Waals surface area contributed by atoms with E-state index in [9.17, 15) is 19.2 Å². The molecule has 0 bridgehead atoms. The summed E-state index contributed by atoms with van der Waals surface area (Å²) < 4.78 is 11.2. The van der Waals surface area contributed by atoms with E-state index in [-0.39, 0.29) is 36.5 Å². The number of imide groups is 2. The summed E-state index contributed by atoms with van der Waals surface area (Å²) in [5.74, 6) is -0.455. The number of nitrogens with one attached hydrogen (secondary N) is 1. The predicted molar refractivity (Wildman–Crippen MR) is 98.0 cm³/mol. The van der Waals surface area contributed by atoms with Gasteiger partial charge in [0.05, 0.1) is 17.3 Å². The maximum Gasteiger partial charge on any atom is 0.262 e. The number of aromatic nitrogens is 1. The summed E-state index contributed by atoms with van der Waals surface area (Å²) in [6.45, 7) is 4.05. The van der Waals surface area contributed by atoms with Gasteiger partial charge in [0, 0.05) is 12.3 Å². The van der Waals surface area contributed by atoms with Gasteiger partial charge >= 0.3 is 0 Å². The number of benzene rings is 1. The number of carbonyl (C=O) groups excluding carboxylic acids is 4. The van der Waals surface area contributed by atoms with E-state index in [1.54, 1.807) is 12.3 Å². The van der Waals surface area contributed by atoms with E-state index in [0.717, 1.165) is 10.7 Å². The number of oxazole rings is 1. The highest BCUT2D eigenvalue weighted by Gasteiger charge is 2.44. The number of hydrogen-bond donors (Lipinski definition) is 1. The van der Waals surface area contributed by atoms with Gasteiger partial charge in [-0.25, -0.2) is 4.98 Å². The van der Waals surface area contributed by atoms with E-state index in [1.807, 2.05) is 13.8 Å². The van der Waals surface area contributed by atoms with Crippen LogP contribution >= 0.6 is 0 Å². The van der Waals surface area contributed by atoms with Gasteiger partial charge in [0.25, 0.3) is 11.8 Å². The monoisotopic (exact) mass is 397 g/mol. The molecule has 150 valence electrons. The molecule has 4 amide bonds. The highest BCUT2D eigenvalue weighted by Crippen LogP contribution is 2.30. The molecule has 4 rings (SSSR count). The van der Waals surface area contributed by atoms with Crippen molar-refractivity contribution >= 4 is 23.6 Å². The first-order valence-corrected chi connectivity index (χ1v) is 9.28. The summed E-state index contributed by atoms with van der Waals surface area (Å²) in [6, 6.07) is 3.54. The standard InChI is InChI=1S/C20H19N3O6/c1-10(2)15-8-21-17(29-15)9-28-11-3-4-12-13(7-11)20(27)23(19(12)26)14-5-6-16(24)22-18(14)25/h3-4,7-8,10,14H,5-6,9H2,1-2H3,(H,22,24,25). The van der Waals surface area contributed by atoms with Gasteiger partial charge in [-0.15, -0.1) is 0 Å². The maximum atomic E-state index is 12.8. The van der Waals surface area contributed by atoms with Gasteiger partial charge in [-0.3, -0.25) is 29.4 Å². The van der Waals surface area contributed by atoms with Crippen LogP contribution in [-0.2, 0) is 16.2 Å². The molecule has 29 heavy (non-hydrogen) atoms. The van der Waals surface area contributed by atoms with Crippen LogP contribution in [0.3, 0.4) is 0 Å². The third-order valence-electron chi connectivity index (χ3n) is 4.91. The highest BCUT2D eigenvalue weighted by atomic mass is 16.5. The average Bonchev–Trinajstić information content (AvgIpc) is 3.25. The number of piperidine rings is 1. The first-order chi connectivity index (χ1) is 13.8. The molecule has 3 heterocycles. The Kier molecular flexibility index (Phi) is 4.65. The number of amides is 4. The van der Waals surface area contributed by atoms with Gasteiger partial charge in [-0.2, -0.15) is 0 Å². The maximum absolute atomic E-state index is 12.8. The molecule has 1 saturated heterocycles. The fourth-order valence-electron chi connectivity index (χ4n) is 3.34. The van der Waals surface area contributed by atoms with Crippen LogP contribution in [0.15, 0.2) is 28.8 Å². The molecule has 1 unspecified atom stereocenters. The molecule has 9 nitrogen and oxygen atoms in total. The molecule has 2 aromatic rings. The van der Waals surface area contributed by atoms with Crippen LogP contribution in [-0.4, -0.2) is 39.6 Å². The van der Waals surface area contributed by atoms with Crippen molar-refractivity contribution in [1.29, 1.82) is 0 Å². The number of fused-ring (bicyclic) bond motifs is 1. The lowest BCUT2D eigenvalue weighted by atomic mass is 10.0. The fourth-order valence-corrected chi connectivity index (χ4v) is 3.34. The predicted octanol–water partition coefficient (Wildman–Crippen LogP) is 1.78. The Morgan fingerprint density at radius 3 is 2.66 bits per heavy atom. The number of hydrogen-bond acceptors (Lipinski definition) is 7. The van der Waals surface area contributed by atoms with Crippen molar-refractivity contribution in [1.82, 2.24) is 15.2 Å². The van der Waals surface area contributed by atoms with Crippen molar-refractivity contribution in [2.75, 3.05) is 0 Å². The largest absolute Gasteiger partial charge is 0.484 e. The van der Waals surface area contributed by atoms with Crippen LogP contribution in [0.25, 0.3) is 0 Å². The fraction of sp³-hybridized carbons (Fsp3) is 0.350. The van der Waals surface area contributed by atoms with Crippen LogP contribution in [0.2, 0.25) is 0 Å². The third kappa shape index (κ3) is 3.39. The van der Waals surface area contributed by atoms with Crippen LogP contribution in [0.1, 0.15) is 65.0 Å². The zero-order chi connectivity index (χ0) is 20.7. The van der Waals surface area contributed by atoms with Crippen LogP contribution < -0.4 is 10.1 Å². The molecule has 0 spiro atoms. The van der Waals surface area contributed by atoms with E-state index in [0.29, 0.717) is 11.6 Å². The Bertz CT molecular complexity index is 1020. The average molecular weight is 397 g/mol. The van der Waals surface area contributed by atoms with Crippen molar-refractivity contribution in [2.24, 2.45) is 0 Å². The minimum atomic E-state index is -0.994. The zero-order valence-electron chi connectivity index (χ0n) is 15.9. The summed E-state index contributed by atoms with van der Waals surface area (Å²) in [7, 11) is 0. The van der Waals surface area contributed by atoms with E-state index < -0.39 is 29.7 Å². The zero-order valence-corrected chi connectivity index (χ0v) is 15.9. The number of rotatable bonds is 5. The number of carbonyl (C=O) groups is 4. The lowest BCUT2D eigenvalue weighted by Crippen LogP contribution is -2.54. The summed E-state index contributed by atoms with van der Waals surface area (Å²) in [5, 5.41) is 2.17. The van der Waals surface area contributed by atoms with Gasteiger partial charge in [-0.1, -0.05) is 13.8 Å². The van der Waals surface area contributed by atoms with Crippen LogP contribution in [0, 0.1) is 0 Å². The summed E-state index contributed by atoms with van der Waals surface area (Å²) in [5.41, 5.74) is 0.359. The molecule has 9 heteroatoms. The molecule has 2 aliphatic heterocycles. The van der Waals surface area contributed by atoms with Crippen molar-refractivity contribution in [3.05, 3.63) is 47.2 Å². The second kappa shape index (κ2) is 7.16. The summed E-state index contributed by atoms with van der Waals surface area (Å²) >= 11 is 0. The minimum absolute atomic E-state index is 0.0739. The summed E-state index contributed by atoms with van der Waals surface area (Å²) in [4.78, 5) is 53.9. The normalized spacial score (nSPS) is 19.0. The van der Waals surface area contributed by atoms with Gasteiger partial charge < -0.3 is 9.15 Å². The molecule has 1 fully saturated rings. The molecule has 0 saturated carbocycles. The second-order valence-electron chi connectivity index (χ2n) is 7.25. The smallest absolute Gasteiger partial charge is 0.262 e. The van der Waals surface area contributed by atoms with Crippen LogP contribution in [0.5, 0.6) is 5.75 Å². The summed E-state index contributed by atoms with van der Waals surface area (Å²) in [6.07, 6.45) is 1.83. The quantitative estimate of drug-likeness (QED) is 0.764. The van der Waals surface area contributed by atoms with E-state index in [2.05, 4.69) is 10.3 Å². The molecular formula is C20H19N3O6. The molecule has 2 aliphatic rings. The van der Waals surface area contributed by atoms with Gasteiger partial charge in [0.1, 0.15) is 17.6 Å². The van der Waals surface area contributed by atoms with Crippen molar-refractivity contribution < 1.29 is 28.3 Å². The SMILES string of the molecule is CC(C)c1cnc(COc2ccc3c(c2)C(=O)N(C2CCC(=O)NC2=O)C3=O)o1. The molecule has 1 N–H and O–H groups in total. The molecule has 1 aromatic heterocycles. The molecule has 0 radical (unpaired) electrons. The Balaban J connectivity index is 1.50. The Morgan fingerprint density at radius 2 is 1.97 bits per heavy atom. The molecular weight excluding hydrogens is 378 g/mol. The number of ether oxygens (including phenoxy) is 1. The van der Waals surface area contributed by atoms with E-state index >= 15 is 0 Å². The minimum Gasteiger partial charge on any atom is -0.484 e. The number of nitrogens with zero attached hydrogens (tertiary/aromatic N) is 2. The second-order valence-corrected chi connectivity index (χ2v) is 7.25. The molecule has 1 aromatic carbocycles. The van der Waals surface area contributed by atoms with Crippen molar-refractivity contribution in [3.63, 3.8) is 0 Å². The first kappa shape index (κ1) is 18.9. The topological polar surface area (TPSA) is 119 Å². The third-order valence-corrected chi connectivity index (χ3v) is 4.91. The van der Waals surface area contributed by atoms with Crippen molar-refractivity contribution in [2.45, 2.75) is 45.3 Å².